The van der Waals surface area contributed by atoms with Gasteiger partial charge in [0.2, 0.25) is 0 Å². The molecular formula is C15H28N4S. The van der Waals surface area contributed by atoms with E-state index in [-0.39, 0.29) is 0 Å². The number of hydrogen-bond donors (Lipinski definition) is 2. The molecule has 114 valence electrons. The molecule has 0 aliphatic rings. The summed E-state index contributed by atoms with van der Waals surface area (Å²) in [5.74, 6) is 1.30. The van der Waals surface area contributed by atoms with Crippen molar-refractivity contribution in [3.8, 4) is 0 Å². The third-order valence-corrected chi connectivity index (χ3v) is 4.26. The normalized spacial score (nSPS) is 13.8. The van der Waals surface area contributed by atoms with E-state index in [1.54, 1.807) is 11.3 Å². The number of nitrogens with two attached hydrogens (primary N) is 1. The van der Waals surface area contributed by atoms with Gasteiger partial charge in [-0.15, -0.1) is 11.3 Å². The van der Waals surface area contributed by atoms with E-state index < -0.39 is 0 Å². The highest BCUT2D eigenvalue weighted by molar-refractivity contribution is 7.11. The average molecular weight is 296 g/mol. The lowest BCUT2D eigenvalue weighted by molar-refractivity contribution is 0.493. The van der Waals surface area contributed by atoms with Crippen molar-refractivity contribution in [3.05, 3.63) is 15.6 Å². The summed E-state index contributed by atoms with van der Waals surface area (Å²) >= 11 is 1.69. The maximum atomic E-state index is 5.93. The van der Waals surface area contributed by atoms with Crippen molar-refractivity contribution >= 4 is 17.3 Å². The van der Waals surface area contributed by atoms with Gasteiger partial charge in [-0.05, 0) is 33.1 Å². The predicted octanol–water partition coefficient (Wildman–Crippen LogP) is 3.38. The van der Waals surface area contributed by atoms with Gasteiger partial charge in [0.05, 0.1) is 17.2 Å². The van der Waals surface area contributed by atoms with Crippen LogP contribution in [0.1, 0.15) is 55.6 Å². The van der Waals surface area contributed by atoms with Gasteiger partial charge in [-0.2, -0.15) is 0 Å². The minimum atomic E-state index is 0.377. The molecule has 0 aliphatic heterocycles. The van der Waals surface area contributed by atoms with Gasteiger partial charge in [-0.25, -0.2) is 9.98 Å². The summed E-state index contributed by atoms with van der Waals surface area (Å²) in [6, 6.07) is 0.377. The minimum absolute atomic E-state index is 0.377. The number of aryl methyl sites for hydroxylation is 2. The molecule has 1 aromatic rings. The van der Waals surface area contributed by atoms with Crippen LogP contribution in [0.4, 0.5) is 0 Å². The molecule has 0 aliphatic carbocycles. The van der Waals surface area contributed by atoms with Crippen molar-refractivity contribution < 1.29 is 0 Å². The van der Waals surface area contributed by atoms with Gasteiger partial charge < -0.3 is 11.1 Å². The van der Waals surface area contributed by atoms with Crippen molar-refractivity contribution in [2.24, 2.45) is 16.6 Å². The second kappa shape index (κ2) is 8.25. The molecule has 0 aromatic carbocycles. The fourth-order valence-corrected chi connectivity index (χ4v) is 2.94. The first-order valence-corrected chi connectivity index (χ1v) is 8.19. The van der Waals surface area contributed by atoms with Crippen molar-refractivity contribution in [2.45, 2.75) is 66.5 Å². The van der Waals surface area contributed by atoms with Crippen LogP contribution < -0.4 is 11.1 Å². The fraction of sp³-hybridized carbons (Fsp3) is 0.733. The standard InChI is InChI=1S/C15H28N4S/c1-10(2)7-6-8-11(3)18-15(16)17-9-14-12(4)19-13(5)20-14/h10-11H,6-9H2,1-5H3,(H3,16,17,18). The van der Waals surface area contributed by atoms with Crippen LogP contribution in [-0.4, -0.2) is 17.0 Å². The van der Waals surface area contributed by atoms with Crippen LogP contribution >= 0.6 is 11.3 Å². The lowest BCUT2D eigenvalue weighted by Crippen LogP contribution is -2.38. The number of aromatic nitrogens is 1. The van der Waals surface area contributed by atoms with Gasteiger partial charge in [0, 0.05) is 10.9 Å². The molecule has 1 aromatic heterocycles. The van der Waals surface area contributed by atoms with Crippen LogP contribution in [0.25, 0.3) is 0 Å². The van der Waals surface area contributed by atoms with E-state index in [9.17, 15) is 0 Å². The maximum Gasteiger partial charge on any atom is 0.189 e. The number of guanidine groups is 1. The molecule has 0 saturated carbocycles. The highest BCUT2D eigenvalue weighted by Crippen LogP contribution is 2.17. The number of aliphatic imine (C=N–C) groups is 1. The summed E-state index contributed by atoms with van der Waals surface area (Å²) in [5, 5.41) is 4.35. The second-order valence-electron chi connectivity index (χ2n) is 5.81. The lowest BCUT2D eigenvalue weighted by Gasteiger charge is -2.14. The van der Waals surface area contributed by atoms with Crippen molar-refractivity contribution in [3.63, 3.8) is 0 Å². The van der Waals surface area contributed by atoms with Crippen LogP contribution in [0.5, 0.6) is 0 Å². The Morgan fingerprint density at radius 2 is 2.00 bits per heavy atom. The SMILES string of the molecule is Cc1nc(C)c(CN=C(N)NC(C)CCCC(C)C)s1. The predicted molar refractivity (Wildman–Crippen MR) is 88.2 cm³/mol. The average Bonchev–Trinajstić information content (AvgIpc) is 2.64. The largest absolute Gasteiger partial charge is 0.370 e. The summed E-state index contributed by atoms with van der Waals surface area (Å²) in [7, 11) is 0. The molecule has 1 heterocycles. The smallest absolute Gasteiger partial charge is 0.189 e. The quantitative estimate of drug-likeness (QED) is 0.599. The van der Waals surface area contributed by atoms with E-state index in [1.165, 1.54) is 17.7 Å². The second-order valence-corrected chi connectivity index (χ2v) is 7.10. The Labute approximate surface area is 126 Å². The van der Waals surface area contributed by atoms with Crippen molar-refractivity contribution in [1.82, 2.24) is 10.3 Å². The monoisotopic (exact) mass is 296 g/mol. The molecule has 3 N–H and O–H groups in total. The van der Waals surface area contributed by atoms with E-state index in [0.29, 0.717) is 18.5 Å². The highest BCUT2D eigenvalue weighted by Gasteiger charge is 2.06. The maximum absolute atomic E-state index is 5.93. The van der Waals surface area contributed by atoms with Gasteiger partial charge in [0.15, 0.2) is 5.96 Å². The molecule has 0 saturated heterocycles. The molecule has 0 amide bonds. The Morgan fingerprint density at radius 1 is 1.30 bits per heavy atom. The summed E-state index contributed by atoms with van der Waals surface area (Å²) in [6.45, 7) is 11.3. The van der Waals surface area contributed by atoms with Crippen molar-refractivity contribution in [1.29, 1.82) is 0 Å². The molecule has 0 bridgehead atoms. The Bertz CT molecular complexity index is 437. The molecule has 0 fully saturated rings. The number of rotatable bonds is 7. The Hall–Kier alpha value is -1.10. The zero-order chi connectivity index (χ0) is 15.1. The van der Waals surface area contributed by atoms with Gasteiger partial charge in [0.25, 0.3) is 0 Å². The third kappa shape index (κ3) is 6.37. The van der Waals surface area contributed by atoms with Gasteiger partial charge in [-0.3, -0.25) is 0 Å². The molecule has 4 nitrogen and oxygen atoms in total. The number of thiazole rings is 1. The van der Waals surface area contributed by atoms with Crippen molar-refractivity contribution in [2.75, 3.05) is 0 Å². The number of hydrogen-bond acceptors (Lipinski definition) is 3. The number of nitrogens with zero attached hydrogens (tertiary/aromatic N) is 2. The first-order chi connectivity index (χ1) is 9.38. The Kier molecular flexibility index (Phi) is 6.99. The zero-order valence-corrected chi connectivity index (χ0v) is 14.2. The summed E-state index contributed by atoms with van der Waals surface area (Å²) < 4.78 is 0. The van der Waals surface area contributed by atoms with Crippen LogP contribution in [0.15, 0.2) is 4.99 Å². The van der Waals surface area contributed by atoms with E-state index in [2.05, 4.69) is 36.1 Å². The van der Waals surface area contributed by atoms with E-state index in [1.807, 2.05) is 13.8 Å². The van der Waals surface area contributed by atoms with Crippen LogP contribution in [0.3, 0.4) is 0 Å². The molecule has 1 rings (SSSR count). The minimum Gasteiger partial charge on any atom is -0.370 e. The van der Waals surface area contributed by atoms with E-state index >= 15 is 0 Å². The summed E-state index contributed by atoms with van der Waals surface area (Å²) in [5.41, 5.74) is 7.00. The Balaban J connectivity index is 2.36. The Morgan fingerprint density at radius 3 is 2.55 bits per heavy atom. The van der Waals surface area contributed by atoms with E-state index in [4.69, 9.17) is 5.73 Å². The summed E-state index contributed by atoms with van der Waals surface area (Å²) in [6.07, 6.45) is 3.63. The van der Waals surface area contributed by atoms with Crippen LogP contribution in [0, 0.1) is 19.8 Å². The molecule has 1 atom stereocenters. The molecular weight excluding hydrogens is 268 g/mol. The molecule has 5 heteroatoms. The first kappa shape index (κ1) is 17.0. The topological polar surface area (TPSA) is 63.3 Å². The van der Waals surface area contributed by atoms with E-state index in [0.717, 1.165) is 23.0 Å². The molecule has 20 heavy (non-hydrogen) atoms. The summed E-state index contributed by atoms with van der Waals surface area (Å²) in [4.78, 5) is 9.99. The molecule has 0 radical (unpaired) electrons. The zero-order valence-electron chi connectivity index (χ0n) is 13.4. The van der Waals surface area contributed by atoms with Gasteiger partial charge in [0.1, 0.15) is 0 Å². The molecule has 1 unspecified atom stereocenters. The highest BCUT2D eigenvalue weighted by atomic mass is 32.1. The first-order valence-electron chi connectivity index (χ1n) is 7.37. The fourth-order valence-electron chi connectivity index (χ4n) is 2.08. The number of nitrogens with one attached hydrogen (secondary N) is 1. The molecule has 0 spiro atoms. The third-order valence-electron chi connectivity index (χ3n) is 3.21. The van der Waals surface area contributed by atoms with Crippen LogP contribution in [0.2, 0.25) is 0 Å². The lowest BCUT2D eigenvalue weighted by atomic mass is 10.0. The van der Waals surface area contributed by atoms with Crippen LogP contribution in [-0.2, 0) is 6.54 Å². The van der Waals surface area contributed by atoms with Gasteiger partial charge >= 0.3 is 0 Å². The van der Waals surface area contributed by atoms with Gasteiger partial charge in [-0.1, -0.05) is 26.7 Å².